The zero-order valence-electron chi connectivity index (χ0n) is 13.1. The summed E-state index contributed by atoms with van der Waals surface area (Å²) in [5, 5.41) is 10.9. The average molecular weight is 332 g/mol. The van der Waals surface area contributed by atoms with E-state index >= 15 is 0 Å². The van der Waals surface area contributed by atoms with Crippen LogP contribution in [0.3, 0.4) is 0 Å². The number of aryl methyl sites for hydroxylation is 1. The summed E-state index contributed by atoms with van der Waals surface area (Å²) < 4.78 is 0. The van der Waals surface area contributed by atoms with Gasteiger partial charge in [-0.2, -0.15) is 0 Å². The molecule has 0 bridgehead atoms. The van der Waals surface area contributed by atoms with Crippen molar-refractivity contribution in [3.8, 4) is 0 Å². The molecule has 0 aromatic carbocycles. The van der Waals surface area contributed by atoms with E-state index in [1.54, 1.807) is 6.08 Å². The molecule has 1 aromatic rings. The molecule has 2 aliphatic rings. The van der Waals surface area contributed by atoms with Crippen molar-refractivity contribution in [2.45, 2.75) is 37.5 Å². The Morgan fingerprint density at radius 1 is 1.43 bits per heavy atom. The summed E-state index contributed by atoms with van der Waals surface area (Å²) in [6.07, 6.45) is 14.1. The Morgan fingerprint density at radius 3 is 3.13 bits per heavy atom. The number of carbonyl (C=O) groups excluding carboxylic acids is 1. The van der Waals surface area contributed by atoms with Crippen LogP contribution in [0.5, 0.6) is 0 Å². The molecule has 0 saturated heterocycles. The van der Waals surface area contributed by atoms with Crippen LogP contribution in [0.15, 0.2) is 24.4 Å². The van der Waals surface area contributed by atoms with Crippen LogP contribution in [0.25, 0.3) is 6.08 Å². The van der Waals surface area contributed by atoms with Crippen LogP contribution < -0.4 is 5.32 Å². The smallest absolute Gasteiger partial charge is 0.229 e. The van der Waals surface area contributed by atoms with Gasteiger partial charge >= 0.3 is 0 Å². The van der Waals surface area contributed by atoms with Crippen LogP contribution in [-0.2, 0) is 17.6 Å². The molecular formula is C18H22ClN3O. The van der Waals surface area contributed by atoms with E-state index in [0.29, 0.717) is 12.3 Å². The number of hydrogen-bond acceptors (Lipinski definition) is 2. The van der Waals surface area contributed by atoms with Gasteiger partial charge in [-0.25, -0.2) is 0 Å². The summed E-state index contributed by atoms with van der Waals surface area (Å²) in [4.78, 5) is 15.4. The number of aromatic amines is 1. The Balaban J connectivity index is 1.46. The summed E-state index contributed by atoms with van der Waals surface area (Å²) in [6, 6.07) is 0. The fourth-order valence-electron chi connectivity index (χ4n) is 3.22. The lowest BCUT2D eigenvalue weighted by Gasteiger charge is -2.18. The van der Waals surface area contributed by atoms with Crippen molar-refractivity contribution in [2.75, 3.05) is 6.54 Å². The van der Waals surface area contributed by atoms with E-state index in [1.807, 2.05) is 24.4 Å². The SMILES string of the molecule is N=C1C=CCCC1C(=O)NCCCc1c[nH]c2c1CC(Cl)C=C2. The molecule has 3 N–H and O–H groups in total. The minimum atomic E-state index is -0.276. The highest BCUT2D eigenvalue weighted by atomic mass is 35.5. The number of H-pyrrole nitrogens is 1. The molecule has 2 unspecified atom stereocenters. The minimum Gasteiger partial charge on any atom is -0.361 e. The first-order valence-corrected chi connectivity index (χ1v) is 8.63. The zero-order chi connectivity index (χ0) is 16.2. The summed E-state index contributed by atoms with van der Waals surface area (Å²) in [6.45, 7) is 0.645. The van der Waals surface area contributed by atoms with Crippen LogP contribution in [0.4, 0.5) is 0 Å². The molecular weight excluding hydrogens is 310 g/mol. The van der Waals surface area contributed by atoms with E-state index < -0.39 is 0 Å². The molecule has 0 fully saturated rings. The van der Waals surface area contributed by atoms with Gasteiger partial charge in [0.05, 0.1) is 11.3 Å². The molecule has 1 heterocycles. The van der Waals surface area contributed by atoms with Gasteiger partial charge in [-0.1, -0.05) is 12.2 Å². The van der Waals surface area contributed by atoms with Gasteiger partial charge in [-0.3, -0.25) is 4.79 Å². The summed E-state index contributed by atoms with van der Waals surface area (Å²) >= 11 is 6.19. The third-order valence-corrected chi connectivity index (χ3v) is 4.82. The number of hydrogen-bond donors (Lipinski definition) is 3. The molecule has 3 rings (SSSR count). The van der Waals surface area contributed by atoms with E-state index in [4.69, 9.17) is 17.0 Å². The Labute approximate surface area is 141 Å². The topological polar surface area (TPSA) is 68.7 Å². The van der Waals surface area contributed by atoms with Crippen molar-refractivity contribution in [1.29, 1.82) is 5.41 Å². The van der Waals surface area contributed by atoms with Gasteiger partial charge in [-0.15, -0.1) is 11.6 Å². The number of allylic oxidation sites excluding steroid dienone is 3. The van der Waals surface area contributed by atoms with Crippen molar-refractivity contribution >= 4 is 29.3 Å². The average Bonchev–Trinajstić information content (AvgIpc) is 2.94. The first-order valence-electron chi connectivity index (χ1n) is 8.19. The van der Waals surface area contributed by atoms with Gasteiger partial charge in [0.1, 0.15) is 0 Å². The Bertz CT molecular complexity index is 659. The van der Waals surface area contributed by atoms with Gasteiger partial charge in [0, 0.05) is 24.1 Å². The highest BCUT2D eigenvalue weighted by molar-refractivity contribution is 6.22. The van der Waals surface area contributed by atoms with Crippen LogP contribution >= 0.6 is 11.6 Å². The fourth-order valence-corrected chi connectivity index (χ4v) is 3.45. The zero-order valence-corrected chi connectivity index (χ0v) is 13.8. The summed E-state index contributed by atoms with van der Waals surface area (Å²) in [7, 11) is 0. The highest BCUT2D eigenvalue weighted by Gasteiger charge is 2.23. The second-order valence-corrected chi connectivity index (χ2v) is 6.73. The van der Waals surface area contributed by atoms with E-state index in [9.17, 15) is 4.79 Å². The largest absolute Gasteiger partial charge is 0.361 e. The van der Waals surface area contributed by atoms with Crippen molar-refractivity contribution in [1.82, 2.24) is 10.3 Å². The predicted octanol–water partition coefficient (Wildman–Crippen LogP) is 3.23. The lowest BCUT2D eigenvalue weighted by Crippen LogP contribution is -2.36. The normalized spacial score (nSPS) is 22.9. The lowest BCUT2D eigenvalue weighted by molar-refractivity contribution is -0.123. The molecule has 2 atom stereocenters. The molecule has 2 aliphatic carbocycles. The molecule has 0 radical (unpaired) electrons. The molecule has 4 nitrogen and oxygen atoms in total. The number of halogens is 1. The maximum Gasteiger partial charge on any atom is 0.229 e. The van der Waals surface area contributed by atoms with E-state index in [1.165, 1.54) is 11.1 Å². The predicted molar refractivity (Wildman–Crippen MR) is 94.1 cm³/mol. The van der Waals surface area contributed by atoms with E-state index in [2.05, 4.69) is 10.3 Å². The number of rotatable bonds is 5. The monoisotopic (exact) mass is 331 g/mol. The Kier molecular flexibility index (Phi) is 5.01. The quantitative estimate of drug-likeness (QED) is 0.562. The summed E-state index contributed by atoms with van der Waals surface area (Å²) in [5.74, 6) is -0.290. The molecule has 1 amide bonds. The van der Waals surface area contributed by atoms with Gasteiger partial charge in [-0.05, 0) is 55.4 Å². The highest BCUT2D eigenvalue weighted by Crippen LogP contribution is 2.25. The van der Waals surface area contributed by atoms with Gasteiger partial charge in [0.2, 0.25) is 5.91 Å². The standard InChI is InChI=1S/C18H22ClN3O/c19-13-7-8-17-15(10-13)12(11-22-17)4-3-9-21-18(23)14-5-1-2-6-16(14)20/h2,6-8,11,13-14,20,22H,1,3-5,9-10H2,(H,21,23). The van der Waals surface area contributed by atoms with E-state index in [0.717, 1.165) is 37.8 Å². The van der Waals surface area contributed by atoms with Crippen molar-refractivity contribution in [3.05, 3.63) is 41.2 Å². The maximum atomic E-state index is 12.1. The molecule has 0 aliphatic heterocycles. The molecule has 5 heteroatoms. The first-order chi connectivity index (χ1) is 11.1. The van der Waals surface area contributed by atoms with Crippen molar-refractivity contribution in [2.24, 2.45) is 5.92 Å². The summed E-state index contributed by atoms with van der Waals surface area (Å²) in [5.41, 5.74) is 4.17. The Morgan fingerprint density at radius 2 is 2.30 bits per heavy atom. The van der Waals surface area contributed by atoms with Crippen LogP contribution in [-0.4, -0.2) is 28.5 Å². The minimum absolute atomic E-state index is 0.0146. The van der Waals surface area contributed by atoms with Gasteiger partial charge < -0.3 is 15.7 Å². The van der Waals surface area contributed by atoms with Crippen molar-refractivity contribution < 1.29 is 4.79 Å². The second kappa shape index (κ2) is 7.18. The third-order valence-electron chi connectivity index (χ3n) is 4.52. The third kappa shape index (κ3) is 3.75. The number of fused-ring (bicyclic) bond motifs is 1. The lowest BCUT2D eigenvalue weighted by atomic mass is 9.91. The number of nitrogens with one attached hydrogen (secondary N) is 3. The van der Waals surface area contributed by atoms with Crippen molar-refractivity contribution in [3.63, 3.8) is 0 Å². The number of amides is 1. The second-order valence-electron chi connectivity index (χ2n) is 6.17. The van der Waals surface area contributed by atoms with Gasteiger partial charge in [0.15, 0.2) is 0 Å². The number of carbonyl (C=O) groups is 1. The molecule has 0 saturated carbocycles. The molecule has 0 spiro atoms. The van der Waals surface area contributed by atoms with Crippen LogP contribution in [0.2, 0.25) is 0 Å². The van der Waals surface area contributed by atoms with Crippen LogP contribution in [0.1, 0.15) is 36.1 Å². The number of aromatic nitrogens is 1. The van der Waals surface area contributed by atoms with Crippen LogP contribution in [0, 0.1) is 11.3 Å². The van der Waals surface area contributed by atoms with Gasteiger partial charge in [0.25, 0.3) is 0 Å². The molecule has 23 heavy (non-hydrogen) atoms. The van der Waals surface area contributed by atoms with E-state index in [-0.39, 0.29) is 17.2 Å². The number of alkyl halides is 1. The fraction of sp³-hybridized carbons (Fsp3) is 0.444. The Hall–Kier alpha value is -1.81. The molecule has 1 aromatic heterocycles. The molecule has 122 valence electrons. The maximum absolute atomic E-state index is 12.1. The first kappa shape index (κ1) is 16.1.